The van der Waals surface area contributed by atoms with Crippen LogP contribution in [0.5, 0.6) is 0 Å². The van der Waals surface area contributed by atoms with Crippen molar-refractivity contribution in [3.8, 4) is 0 Å². The lowest BCUT2D eigenvalue weighted by molar-refractivity contribution is -0.137. The molecule has 0 saturated carbocycles. The smallest absolute Gasteiger partial charge is 0.327 e. The lowest BCUT2D eigenvalue weighted by Crippen LogP contribution is -2.18. The van der Waals surface area contributed by atoms with Gasteiger partial charge < -0.3 is 5.73 Å². The largest absolute Gasteiger partial charge is 0.416 e. The van der Waals surface area contributed by atoms with Crippen LogP contribution in [0.4, 0.5) is 13.2 Å². The van der Waals surface area contributed by atoms with Crippen LogP contribution in [0.2, 0.25) is 0 Å². The Labute approximate surface area is 128 Å². The Balaban J connectivity index is 1.88. The minimum atomic E-state index is -4.30. The fourth-order valence-corrected chi connectivity index (χ4v) is 3.18. The molecule has 1 aliphatic carbocycles. The molecule has 3 rings (SSSR count). The van der Waals surface area contributed by atoms with Crippen molar-refractivity contribution in [3.63, 3.8) is 0 Å². The molecule has 1 nitrogen and oxygen atoms in total. The number of alkyl halides is 3. The van der Waals surface area contributed by atoms with Gasteiger partial charge in [-0.3, -0.25) is 0 Å². The predicted octanol–water partition coefficient (Wildman–Crippen LogP) is 4.03. The SMILES string of the molecule is Cc1cc(Cc2ccc3c(c2)C[C@@H](N)C3)cc(C(F)(F)F)c1. The summed E-state index contributed by atoms with van der Waals surface area (Å²) in [6.45, 7) is 1.69. The summed E-state index contributed by atoms with van der Waals surface area (Å²) in [5, 5.41) is 0. The minimum Gasteiger partial charge on any atom is -0.327 e. The zero-order valence-corrected chi connectivity index (χ0v) is 12.4. The number of hydrogen-bond acceptors (Lipinski definition) is 1. The first-order chi connectivity index (χ1) is 10.3. The van der Waals surface area contributed by atoms with Gasteiger partial charge in [-0.2, -0.15) is 13.2 Å². The summed E-state index contributed by atoms with van der Waals surface area (Å²) >= 11 is 0. The molecule has 116 valence electrons. The van der Waals surface area contributed by atoms with Crippen molar-refractivity contribution in [2.24, 2.45) is 5.73 Å². The minimum absolute atomic E-state index is 0.168. The lowest BCUT2D eigenvalue weighted by Gasteiger charge is -2.11. The van der Waals surface area contributed by atoms with Crippen LogP contribution in [0.15, 0.2) is 36.4 Å². The van der Waals surface area contributed by atoms with Crippen LogP contribution in [0, 0.1) is 6.92 Å². The topological polar surface area (TPSA) is 26.0 Å². The number of rotatable bonds is 2. The molecular weight excluding hydrogens is 287 g/mol. The molecule has 0 fully saturated rings. The Hall–Kier alpha value is -1.81. The second kappa shape index (κ2) is 5.43. The molecular formula is C18H18F3N. The first-order valence-electron chi connectivity index (χ1n) is 7.35. The van der Waals surface area contributed by atoms with Gasteiger partial charge in [-0.25, -0.2) is 0 Å². The van der Waals surface area contributed by atoms with Crippen LogP contribution >= 0.6 is 0 Å². The molecule has 0 heterocycles. The van der Waals surface area contributed by atoms with Gasteiger partial charge in [0, 0.05) is 6.04 Å². The zero-order chi connectivity index (χ0) is 15.9. The van der Waals surface area contributed by atoms with Gasteiger partial charge in [-0.1, -0.05) is 29.8 Å². The third-order valence-electron chi connectivity index (χ3n) is 4.11. The van der Waals surface area contributed by atoms with Gasteiger partial charge in [0.2, 0.25) is 0 Å². The summed E-state index contributed by atoms with van der Waals surface area (Å²) in [6, 6.07) is 10.5. The highest BCUT2D eigenvalue weighted by Gasteiger charge is 2.30. The van der Waals surface area contributed by atoms with Gasteiger partial charge in [0.1, 0.15) is 0 Å². The van der Waals surface area contributed by atoms with Gasteiger partial charge in [0.05, 0.1) is 5.56 Å². The predicted molar refractivity (Wildman–Crippen MR) is 80.8 cm³/mol. The number of halogens is 3. The van der Waals surface area contributed by atoms with E-state index in [0.29, 0.717) is 17.5 Å². The van der Waals surface area contributed by atoms with E-state index in [0.717, 1.165) is 18.4 Å². The van der Waals surface area contributed by atoms with Gasteiger partial charge in [-0.15, -0.1) is 0 Å². The maximum atomic E-state index is 12.9. The molecule has 0 bridgehead atoms. The quantitative estimate of drug-likeness (QED) is 0.890. The van der Waals surface area contributed by atoms with Crippen molar-refractivity contribution in [3.05, 3.63) is 69.8 Å². The highest BCUT2D eigenvalue weighted by Crippen LogP contribution is 2.31. The van der Waals surface area contributed by atoms with Crippen LogP contribution in [0.1, 0.15) is 33.4 Å². The molecule has 0 aliphatic heterocycles. The summed E-state index contributed by atoms with van der Waals surface area (Å²) in [5.41, 5.74) is 10.2. The van der Waals surface area contributed by atoms with E-state index in [4.69, 9.17) is 5.73 Å². The second-order valence-corrected chi connectivity index (χ2v) is 6.15. The normalized spacial score (nSPS) is 17.6. The average Bonchev–Trinajstić information content (AvgIpc) is 2.76. The fraction of sp³-hybridized carbons (Fsp3) is 0.333. The van der Waals surface area contributed by atoms with Crippen LogP contribution in [0.3, 0.4) is 0 Å². The van der Waals surface area contributed by atoms with E-state index in [1.165, 1.54) is 23.3 Å². The summed E-state index contributed by atoms with van der Waals surface area (Å²) in [6.07, 6.45) is -2.05. The van der Waals surface area contributed by atoms with Crippen LogP contribution in [-0.4, -0.2) is 6.04 Å². The molecule has 0 spiro atoms. The van der Waals surface area contributed by atoms with Crippen LogP contribution in [-0.2, 0) is 25.4 Å². The lowest BCUT2D eigenvalue weighted by atomic mass is 9.98. The number of hydrogen-bond donors (Lipinski definition) is 1. The molecule has 2 N–H and O–H groups in total. The summed E-state index contributed by atoms with van der Waals surface area (Å²) in [5.74, 6) is 0. The van der Waals surface area contributed by atoms with Gasteiger partial charge >= 0.3 is 6.18 Å². The highest BCUT2D eigenvalue weighted by atomic mass is 19.4. The molecule has 0 aromatic heterocycles. The monoisotopic (exact) mass is 305 g/mol. The Bertz CT molecular complexity index is 704. The van der Waals surface area contributed by atoms with Gasteiger partial charge in [0.15, 0.2) is 0 Å². The standard InChI is InChI=1S/C18H18F3N/c1-11-4-13(8-16(5-11)18(19,20)21)6-12-2-3-14-9-17(22)10-15(14)7-12/h2-5,7-8,17H,6,9-10,22H2,1H3/t17-/m0/s1. The summed E-state index contributed by atoms with van der Waals surface area (Å²) in [4.78, 5) is 0. The van der Waals surface area contributed by atoms with Crippen molar-refractivity contribution < 1.29 is 13.2 Å². The van der Waals surface area contributed by atoms with Crippen LogP contribution in [0.25, 0.3) is 0 Å². The Morgan fingerprint density at radius 2 is 1.73 bits per heavy atom. The van der Waals surface area contributed by atoms with E-state index >= 15 is 0 Å². The Kier molecular flexibility index (Phi) is 3.73. The van der Waals surface area contributed by atoms with E-state index in [9.17, 15) is 13.2 Å². The van der Waals surface area contributed by atoms with E-state index in [1.54, 1.807) is 6.92 Å². The van der Waals surface area contributed by atoms with Crippen molar-refractivity contribution in [1.82, 2.24) is 0 Å². The number of benzene rings is 2. The fourth-order valence-electron chi connectivity index (χ4n) is 3.18. The molecule has 2 aromatic rings. The third kappa shape index (κ3) is 3.17. The number of nitrogens with two attached hydrogens (primary N) is 1. The highest BCUT2D eigenvalue weighted by molar-refractivity contribution is 5.40. The van der Waals surface area contributed by atoms with E-state index < -0.39 is 11.7 Å². The molecule has 1 atom stereocenters. The maximum absolute atomic E-state index is 12.9. The van der Waals surface area contributed by atoms with Gasteiger partial charge in [-0.05, 0) is 60.6 Å². The molecule has 1 aliphatic rings. The Morgan fingerprint density at radius 3 is 2.45 bits per heavy atom. The van der Waals surface area contributed by atoms with Gasteiger partial charge in [0.25, 0.3) is 0 Å². The molecule has 22 heavy (non-hydrogen) atoms. The molecule has 0 saturated heterocycles. The van der Waals surface area contributed by atoms with Crippen molar-refractivity contribution >= 4 is 0 Å². The number of aryl methyl sites for hydroxylation is 1. The molecule has 0 radical (unpaired) electrons. The Morgan fingerprint density at radius 1 is 1.00 bits per heavy atom. The zero-order valence-electron chi connectivity index (χ0n) is 12.4. The number of fused-ring (bicyclic) bond motifs is 1. The molecule has 2 aromatic carbocycles. The summed E-state index contributed by atoms with van der Waals surface area (Å²) < 4.78 is 38.7. The van der Waals surface area contributed by atoms with Crippen molar-refractivity contribution in [1.29, 1.82) is 0 Å². The third-order valence-corrected chi connectivity index (χ3v) is 4.11. The average molecular weight is 305 g/mol. The second-order valence-electron chi connectivity index (χ2n) is 6.15. The van der Waals surface area contributed by atoms with Crippen molar-refractivity contribution in [2.45, 2.75) is 38.4 Å². The molecule has 0 unspecified atom stereocenters. The first kappa shape index (κ1) is 15.1. The summed E-state index contributed by atoms with van der Waals surface area (Å²) in [7, 11) is 0. The maximum Gasteiger partial charge on any atom is 0.416 e. The molecule has 0 amide bonds. The van der Waals surface area contributed by atoms with E-state index in [2.05, 4.69) is 12.1 Å². The van der Waals surface area contributed by atoms with Crippen LogP contribution < -0.4 is 5.73 Å². The van der Waals surface area contributed by atoms with Crippen molar-refractivity contribution in [2.75, 3.05) is 0 Å². The van der Waals surface area contributed by atoms with E-state index in [1.807, 2.05) is 12.1 Å². The first-order valence-corrected chi connectivity index (χ1v) is 7.35. The molecule has 4 heteroatoms. The van der Waals surface area contributed by atoms with E-state index in [-0.39, 0.29) is 6.04 Å².